The number of hydrogen-bond acceptors (Lipinski definition) is 3. The summed E-state index contributed by atoms with van der Waals surface area (Å²) < 4.78 is 11.3. The van der Waals surface area contributed by atoms with Crippen molar-refractivity contribution < 1.29 is 14.3 Å². The molecule has 1 saturated carbocycles. The van der Waals surface area contributed by atoms with Crippen LogP contribution in [0.1, 0.15) is 66.2 Å². The molecule has 0 heterocycles. The molecule has 0 aromatic rings. The van der Waals surface area contributed by atoms with E-state index in [0.717, 1.165) is 25.7 Å². The van der Waals surface area contributed by atoms with Crippen molar-refractivity contribution in [1.29, 1.82) is 0 Å². The second kappa shape index (κ2) is 8.66. The Morgan fingerprint density at radius 3 is 2.40 bits per heavy atom. The van der Waals surface area contributed by atoms with E-state index in [1.807, 2.05) is 6.92 Å². The first-order valence-electron chi connectivity index (χ1n) is 8.34. The lowest BCUT2D eigenvalue weighted by Gasteiger charge is -2.40. The van der Waals surface area contributed by atoms with Crippen molar-refractivity contribution in [3.8, 4) is 0 Å². The van der Waals surface area contributed by atoms with Crippen molar-refractivity contribution in [1.82, 2.24) is 0 Å². The average molecular weight is 284 g/mol. The van der Waals surface area contributed by atoms with Crippen molar-refractivity contribution >= 4 is 5.97 Å². The molecule has 1 unspecified atom stereocenters. The van der Waals surface area contributed by atoms with Gasteiger partial charge < -0.3 is 9.47 Å². The van der Waals surface area contributed by atoms with Gasteiger partial charge in [-0.05, 0) is 38.0 Å². The fourth-order valence-electron chi connectivity index (χ4n) is 3.37. The zero-order chi connectivity index (χ0) is 15.0. The molecule has 0 N–H and O–H groups in total. The first kappa shape index (κ1) is 17.5. The molecule has 0 bridgehead atoms. The van der Waals surface area contributed by atoms with Crippen LogP contribution in [-0.4, -0.2) is 25.8 Å². The lowest BCUT2D eigenvalue weighted by atomic mass is 9.67. The second-order valence-corrected chi connectivity index (χ2v) is 6.30. The van der Waals surface area contributed by atoms with E-state index in [9.17, 15) is 4.79 Å². The maximum Gasteiger partial charge on any atom is 0.314 e. The molecule has 3 heteroatoms. The summed E-state index contributed by atoms with van der Waals surface area (Å²) in [5.41, 5.74) is -0.444. The average Bonchev–Trinajstić information content (AvgIpc) is 2.94. The van der Waals surface area contributed by atoms with Crippen molar-refractivity contribution in [2.45, 2.75) is 66.2 Å². The maximum atomic E-state index is 12.8. The van der Waals surface area contributed by atoms with Gasteiger partial charge in [-0.3, -0.25) is 4.79 Å². The minimum Gasteiger partial charge on any atom is -0.465 e. The molecule has 1 atom stereocenters. The predicted molar refractivity (Wildman–Crippen MR) is 81.6 cm³/mol. The quantitative estimate of drug-likeness (QED) is 0.470. The first-order valence-corrected chi connectivity index (χ1v) is 8.34. The van der Waals surface area contributed by atoms with Gasteiger partial charge in [0.1, 0.15) is 0 Å². The normalized spacial score (nSPS) is 19.2. The third kappa shape index (κ3) is 3.97. The highest BCUT2D eigenvalue weighted by molar-refractivity contribution is 5.78. The number of carbonyl (C=O) groups excluding carboxylic acids is 1. The van der Waals surface area contributed by atoms with E-state index in [2.05, 4.69) is 20.8 Å². The number of rotatable bonds is 9. The van der Waals surface area contributed by atoms with E-state index in [-0.39, 0.29) is 11.9 Å². The Kier molecular flexibility index (Phi) is 7.57. The molecule has 0 radical (unpaired) electrons. The SMILES string of the molecule is CCCCOC(=O)C(COCC)(C(C)C)C1CCCC1. The van der Waals surface area contributed by atoms with Crippen LogP contribution in [-0.2, 0) is 14.3 Å². The Hall–Kier alpha value is -0.570. The highest BCUT2D eigenvalue weighted by atomic mass is 16.5. The Balaban J connectivity index is 2.86. The van der Waals surface area contributed by atoms with Gasteiger partial charge in [0.15, 0.2) is 0 Å². The largest absolute Gasteiger partial charge is 0.465 e. The van der Waals surface area contributed by atoms with Gasteiger partial charge in [0.05, 0.1) is 18.6 Å². The molecule has 0 saturated heterocycles. The minimum absolute atomic E-state index is 0.0266. The topological polar surface area (TPSA) is 35.5 Å². The molecule has 0 amide bonds. The third-order valence-corrected chi connectivity index (χ3v) is 4.77. The molecule has 1 fully saturated rings. The summed E-state index contributed by atoms with van der Waals surface area (Å²) in [6.45, 7) is 10.1. The molecule has 20 heavy (non-hydrogen) atoms. The van der Waals surface area contributed by atoms with Gasteiger partial charge in [0, 0.05) is 6.61 Å². The maximum absolute atomic E-state index is 12.8. The van der Waals surface area contributed by atoms with Crippen molar-refractivity contribution in [2.75, 3.05) is 19.8 Å². The monoisotopic (exact) mass is 284 g/mol. The molecule has 3 nitrogen and oxygen atoms in total. The molecule has 0 aromatic carbocycles. The summed E-state index contributed by atoms with van der Waals surface area (Å²) in [5, 5.41) is 0. The standard InChI is InChI=1S/C17H32O3/c1-5-7-12-20-16(18)17(14(3)4,13-19-6-2)15-10-8-9-11-15/h14-15H,5-13H2,1-4H3. The Morgan fingerprint density at radius 2 is 1.90 bits per heavy atom. The van der Waals surface area contributed by atoms with Crippen molar-refractivity contribution in [2.24, 2.45) is 17.3 Å². The molecule has 1 rings (SSSR count). The lowest BCUT2D eigenvalue weighted by molar-refractivity contribution is -0.170. The van der Waals surface area contributed by atoms with Crippen molar-refractivity contribution in [3.05, 3.63) is 0 Å². The summed E-state index contributed by atoms with van der Waals surface area (Å²) in [6, 6.07) is 0. The van der Waals surface area contributed by atoms with E-state index in [1.54, 1.807) is 0 Å². The van der Waals surface area contributed by atoms with E-state index in [4.69, 9.17) is 9.47 Å². The van der Waals surface area contributed by atoms with Crippen LogP contribution in [0.2, 0.25) is 0 Å². The van der Waals surface area contributed by atoms with Crippen molar-refractivity contribution in [3.63, 3.8) is 0 Å². The summed E-state index contributed by atoms with van der Waals surface area (Å²) >= 11 is 0. The smallest absolute Gasteiger partial charge is 0.314 e. The number of esters is 1. The molecule has 0 spiro atoms. The summed E-state index contributed by atoms with van der Waals surface area (Å²) in [6.07, 6.45) is 6.72. The molecule has 0 aliphatic heterocycles. The zero-order valence-corrected chi connectivity index (χ0v) is 13.7. The number of hydrogen-bond donors (Lipinski definition) is 0. The van der Waals surface area contributed by atoms with Crippen LogP contribution in [0.3, 0.4) is 0 Å². The van der Waals surface area contributed by atoms with Gasteiger partial charge in [0.25, 0.3) is 0 Å². The summed E-state index contributed by atoms with van der Waals surface area (Å²) in [5.74, 6) is 0.649. The fourth-order valence-corrected chi connectivity index (χ4v) is 3.37. The molecule has 1 aliphatic rings. The van der Waals surface area contributed by atoms with Crippen LogP contribution >= 0.6 is 0 Å². The van der Waals surface area contributed by atoms with Gasteiger partial charge in [-0.25, -0.2) is 0 Å². The van der Waals surface area contributed by atoms with E-state index in [1.165, 1.54) is 12.8 Å². The highest BCUT2D eigenvalue weighted by Gasteiger charge is 2.50. The Morgan fingerprint density at radius 1 is 1.25 bits per heavy atom. The Bertz CT molecular complexity index is 282. The molecular weight excluding hydrogens is 252 g/mol. The van der Waals surface area contributed by atoms with Crippen LogP contribution < -0.4 is 0 Å². The third-order valence-electron chi connectivity index (χ3n) is 4.77. The van der Waals surface area contributed by atoms with E-state index < -0.39 is 5.41 Å². The molecule has 118 valence electrons. The van der Waals surface area contributed by atoms with Crippen LogP contribution in [0.5, 0.6) is 0 Å². The number of ether oxygens (including phenoxy) is 2. The van der Waals surface area contributed by atoms with Crippen LogP contribution in [0, 0.1) is 17.3 Å². The van der Waals surface area contributed by atoms with E-state index >= 15 is 0 Å². The minimum atomic E-state index is -0.444. The summed E-state index contributed by atoms with van der Waals surface area (Å²) in [4.78, 5) is 12.8. The zero-order valence-electron chi connectivity index (χ0n) is 13.7. The van der Waals surface area contributed by atoms with Gasteiger partial charge in [-0.1, -0.05) is 40.0 Å². The van der Waals surface area contributed by atoms with Crippen LogP contribution in [0.15, 0.2) is 0 Å². The first-order chi connectivity index (χ1) is 9.59. The number of carbonyl (C=O) groups is 1. The highest BCUT2D eigenvalue weighted by Crippen LogP contribution is 2.46. The van der Waals surface area contributed by atoms with E-state index in [0.29, 0.717) is 25.7 Å². The lowest BCUT2D eigenvalue weighted by Crippen LogP contribution is -2.47. The second-order valence-electron chi connectivity index (χ2n) is 6.30. The van der Waals surface area contributed by atoms with Crippen LogP contribution in [0.25, 0.3) is 0 Å². The Labute approximate surface area is 124 Å². The molecule has 1 aliphatic carbocycles. The predicted octanol–water partition coefficient (Wildman–Crippen LogP) is 4.20. The summed E-state index contributed by atoms with van der Waals surface area (Å²) in [7, 11) is 0. The number of unbranched alkanes of at least 4 members (excludes halogenated alkanes) is 1. The molecular formula is C17H32O3. The fraction of sp³-hybridized carbons (Fsp3) is 0.941. The van der Waals surface area contributed by atoms with Gasteiger partial charge >= 0.3 is 5.97 Å². The molecule has 0 aromatic heterocycles. The van der Waals surface area contributed by atoms with Crippen LogP contribution in [0.4, 0.5) is 0 Å². The van der Waals surface area contributed by atoms with Gasteiger partial charge in [-0.15, -0.1) is 0 Å². The van der Waals surface area contributed by atoms with Gasteiger partial charge in [-0.2, -0.15) is 0 Å². The van der Waals surface area contributed by atoms with Gasteiger partial charge in [0.2, 0.25) is 0 Å².